The highest BCUT2D eigenvalue weighted by Gasteiger charge is 2.09. The van der Waals surface area contributed by atoms with E-state index in [1.54, 1.807) is 43.4 Å². The van der Waals surface area contributed by atoms with Crippen LogP contribution in [-0.4, -0.2) is 32.0 Å². The molecule has 2 aromatic carbocycles. The summed E-state index contributed by atoms with van der Waals surface area (Å²) < 4.78 is 5.64. The largest absolute Gasteiger partial charge is 0.487 e. The van der Waals surface area contributed by atoms with E-state index in [1.807, 2.05) is 19.1 Å². The third kappa shape index (κ3) is 5.66. The number of carbonyl (C=O) groups is 2. The Morgan fingerprint density at radius 2 is 1.88 bits per heavy atom. The molecule has 6 heteroatoms. The quantitative estimate of drug-likeness (QED) is 0.637. The van der Waals surface area contributed by atoms with Crippen molar-refractivity contribution in [1.29, 1.82) is 0 Å². The number of amides is 2. The highest BCUT2D eigenvalue weighted by molar-refractivity contribution is 5.96. The Hall–Kier alpha value is -3.28. The molecule has 26 heavy (non-hydrogen) atoms. The number of hydrogen-bond donors (Lipinski definition) is 3. The molecule has 0 radical (unpaired) electrons. The lowest BCUT2D eigenvalue weighted by Gasteiger charge is -2.13. The van der Waals surface area contributed by atoms with Crippen LogP contribution >= 0.6 is 0 Å². The van der Waals surface area contributed by atoms with Gasteiger partial charge in [-0.25, -0.2) is 0 Å². The molecule has 136 valence electrons. The minimum Gasteiger partial charge on any atom is -0.487 e. The smallest absolute Gasteiger partial charge is 0.251 e. The first-order valence-corrected chi connectivity index (χ1v) is 8.21. The molecule has 2 aromatic rings. The standard InChI is InChI=1S/C20H23N3O3/c1-14(2)13-26-18-10-5-4-9-17(18)23-19(24)12-22-16-8-6-7-15(11-16)20(25)21-3/h4-11,22H,1,12-13H2,2-3H3,(H,21,25)(H,23,24). The molecule has 0 fully saturated rings. The molecule has 0 aliphatic rings. The van der Waals surface area contributed by atoms with Gasteiger partial charge in [0, 0.05) is 18.3 Å². The van der Waals surface area contributed by atoms with Crippen molar-refractivity contribution in [2.75, 3.05) is 30.8 Å². The molecule has 0 aliphatic carbocycles. The predicted molar refractivity (Wildman–Crippen MR) is 104 cm³/mol. The average molecular weight is 353 g/mol. The fourth-order valence-electron chi connectivity index (χ4n) is 2.19. The van der Waals surface area contributed by atoms with E-state index in [0.29, 0.717) is 29.3 Å². The van der Waals surface area contributed by atoms with Crippen LogP contribution < -0.4 is 20.7 Å². The van der Waals surface area contributed by atoms with Gasteiger partial charge >= 0.3 is 0 Å². The Bertz CT molecular complexity index is 802. The van der Waals surface area contributed by atoms with Gasteiger partial charge in [0.15, 0.2) is 0 Å². The second kappa shape index (κ2) is 9.27. The van der Waals surface area contributed by atoms with Gasteiger partial charge in [-0.15, -0.1) is 0 Å². The Labute approximate surface area is 153 Å². The van der Waals surface area contributed by atoms with Gasteiger partial charge in [-0.05, 0) is 42.8 Å². The number of anilines is 2. The zero-order valence-corrected chi connectivity index (χ0v) is 15.0. The molecule has 0 aliphatic heterocycles. The maximum atomic E-state index is 12.2. The summed E-state index contributed by atoms with van der Waals surface area (Å²) in [4.78, 5) is 23.9. The summed E-state index contributed by atoms with van der Waals surface area (Å²) in [6, 6.07) is 14.2. The van der Waals surface area contributed by atoms with Crippen molar-refractivity contribution >= 4 is 23.2 Å². The fraction of sp³-hybridized carbons (Fsp3) is 0.200. The van der Waals surface area contributed by atoms with Gasteiger partial charge < -0.3 is 20.7 Å². The lowest BCUT2D eigenvalue weighted by molar-refractivity contribution is -0.114. The third-order valence-electron chi connectivity index (χ3n) is 3.44. The van der Waals surface area contributed by atoms with Crippen molar-refractivity contribution in [1.82, 2.24) is 5.32 Å². The Kier molecular flexibility index (Phi) is 6.79. The van der Waals surface area contributed by atoms with E-state index in [0.717, 1.165) is 5.57 Å². The van der Waals surface area contributed by atoms with Crippen molar-refractivity contribution in [2.24, 2.45) is 0 Å². The zero-order chi connectivity index (χ0) is 18.9. The van der Waals surface area contributed by atoms with Gasteiger partial charge in [-0.2, -0.15) is 0 Å². The third-order valence-corrected chi connectivity index (χ3v) is 3.44. The molecule has 0 aromatic heterocycles. The Morgan fingerprint density at radius 1 is 1.12 bits per heavy atom. The van der Waals surface area contributed by atoms with Crippen molar-refractivity contribution in [2.45, 2.75) is 6.92 Å². The predicted octanol–water partition coefficient (Wildman–Crippen LogP) is 3.05. The monoisotopic (exact) mass is 353 g/mol. The topological polar surface area (TPSA) is 79.5 Å². The summed E-state index contributed by atoms with van der Waals surface area (Å²) in [5, 5.41) is 8.39. The molecule has 2 amide bonds. The van der Waals surface area contributed by atoms with Gasteiger partial charge in [0.05, 0.1) is 12.2 Å². The summed E-state index contributed by atoms with van der Waals surface area (Å²) in [5.41, 5.74) is 2.70. The second-order valence-corrected chi connectivity index (χ2v) is 5.80. The molecule has 0 bridgehead atoms. The lowest BCUT2D eigenvalue weighted by Crippen LogP contribution is -2.22. The molecular formula is C20H23N3O3. The van der Waals surface area contributed by atoms with Crippen LogP contribution in [0.1, 0.15) is 17.3 Å². The van der Waals surface area contributed by atoms with Gasteiger partial charge in [-0.1, -0.05) is 24.8 Å². The summed E-state index contributed by atoms with van der Waals surface area (Å²) in [6.07, 6.45) is 0. The van der Waals surface area contributed by atoms with E-state index in [1.165, 1.54) is 0 Å². The Morgan fingerprint density at radius 3 is 2.62 bits per heavy atom. The minimum atomic E-state index is -0.221. The number of nitrogens with one attached hydrogen (secondary N) is 3. The van der Waals surface area contributed by atoms with Gasteiger partial charge in [0.25, 0.3) is 5.91 Å². The minimum absolute atomic E-state index is 0.0615. The van der Waals surface area contributed by atoms with E-state index in [2.05, 4.69) is 22.5 Å². The Balaban J connectivity index is 1.95. The number of para-hydroxylation sites is 2. The zero-order valence-electron chi connectivity index (χ0n) is 15.0. The van der Waals surface area contributed by atoms with Crippen LogP contribution in [0.4, 0.5) is 11.4 Å². The van der Waals surface area contributed by atoms with Crippen molar-refractivity contribution < 1.29 is 14.3 Å². The SMILES string of the molecule is C=C(C)COc1ccccc1NC(=O)CNc1cccc(C(=O)NC)c1. The van der Waals surface area contributed by atoms with Crippen molar-refractivity contribution in [3.05, 3.63) is 66.2 Å². The number of benzene rings is 2. The highest BCUT2D eigenvalue weighted by Crippen LogP contribution is 2.24. The molecule has 0 heterocycles. The lowest BCUT2D eigenvalue weighted by atomic mass is 10.2. The number of hydrogen-bond acceptors (Lipinski definition) is 4. The fourth-order valence-corrected chi connectivity index (χ4v) is 2.19. The van der Waals surface area contributed by atoms with E-state index < -0.39 is 0 Å². The van der Waals surface area contributed by atoms with Crippen LogP contribution in [0.15, 0.2) is 60.7 Å². The normalized spacial score (nSPS) is 9.92. The van der Waals surface area contributed by atoms with Crippen molar-refractivity contribution in [3.8, 4) is 5.75 Å². The first-order chi connectivity index (χ1) is 12.5. The molecule has 3 N–H and O–H groups in total. The number of ether oxygens (including phenoxy) is 1. The summed E-state index contributed by atoms with van der Waals surface area (Å²) in [5.74, 6) is 0.189. The molecule has 0 unspecified atom stereocenters. The van der Waals surface area contributed by atoms with Gasteiger partial charge in [0.2, 0.25) is 5.91 Å². The van der Waals surface area contributed by atoms with Crippen LogP contribution in [0.2, 0.25) is 0 Å². The maximum absolute atomic E-state index is 12.2. The van der Waals surface area contributed by atoms with Crippen LogP contribution in [0.25, 0.3) is 0 Å². The molecule has 2 rings (SSSR count). The molecule has 6 nitrogen and oxygen atoms in total. The van der Waals surface area contributed by atoms with Crippen LogP contribution in [0.5, 0.6) is 5.75 Å². The van der Waals surface area contributed by atoms with E-state index in [9.17, 15) is 9.59 Å². The van der Waals surface area contributed by atoms with E-state index >= 15 is 0 Å². The van der Waals surface area contributed by atoms with Crippen molar-refractivity contribution in [3.63, 3.8) is 0 Å². The average Bonchev–Trinajstić information content (AvgIpc) is 2.65. The highest BCUT2D eigenvalue weighted by atomic mass is 16.5. The molecule has 0 spiro atoms. The summed E-state index contributed by atoms with van der Waals surface area (Å²) in [7, 11) is 1.57. The van der Waals surface area contributed by atoms with E-state index in [4.69, 9.17) is 4.74 Å². The van der Waals surface area contributed by atoms with Crippen LogP contribution in [-0.2, 0) is 4.79 Å². The number of rotatable bonds is 8. The van der Waals surface area contributed by atoms with Crippen LogP contribution in [0, 0.1) is 0 Å². The summed E-state index contributed by atoms with van der Waals surface area (Å²) >= 11 is 0. The molecule has 0 atom stereocenters. The van der Waals surface area contributed by atoms with Crippen LogP contribution in [0.3, 0.4) is 0 Å². The first-order valence-electron chi connectivity index (χ1n) is 8.21. The maximum Gasteiger partial charge on any atom is 0.251 e. The van der Waals surface area contributed by atoms with E-state index in [-0.39, 0.29) is 18.4 Å². The summed E-state index contributed by atoms with van der Waals surface area (Å²) in [6.45, 7) is 6.12. The van der Waals surface area contributed by atoms with Gasteiger partial charge in [0.1, 0.15) is 12.4 Å². The molecular weight excluding hydrogens is 330 g/mol. The second-order valence-electron chi connectivity index (χ2n) is 5.80. The molecule has 0 saturated heterocycles. The van der Waals surface area contributed by atoms with Gasteiger partial charge in [-0.3, -0.25) is 9.59 Å². The molecule has 0 saturated carbocycles. The first kappa shape index (κ1) is 19.1. The number of carbonyl (C=O) groups excluding carboxylic acids is 2.